The van der Waals surface area contributed by atoms with E-state index in [0.29, 0.717) is 5.56 Å². The molecule has 1 atom stereocenters. The number of non-ortho nitro benzene ring substituents is 1. The van der Waals surface area contributed by atoms with Crippen molar-refractivity contribution >= 4 is 25.3 Å². The van der Waals surface area contributed by atoms with Gasteiger partial charge in [-0.15, -0.1) is 0 Å². The van der Waals surface area contributed by atoms with Gasteiger partial charge in [-0.2, -0.15) is 0 Å². The predicted molar refractivity (Wildman–Crippen MR) is 145 cm³/mol. The largest absolute Gasteiger partial charge is 0.459 e. The van der Waals surface area contributed by atoms with Crippen molar-refractivity contribution in [1.29, 1.82) is 0 Å². The molecule has 1 aliphatic rings. The van der Waals surface area contributed by atoms with Crippen molar-refractivity contribution in [2.45, 2.75) is 53.3 Å². The van der Waals surface area contributed by atoms with Gasteiger partial charge in [0.2, 0.25) is 0 Å². The summed E-state index contributed by atoms with van der Waals surface area (Å²) in [7, 11) is -3.65. The highest BCUT2D eigenvalue weighted by molar-refractivity contribution is 7.53. The van der Waals surface area contributed by atoms with Gasteiger partial charge in [-0.05, 0) is 36.5 Å². The average molecular weight is 562 g/mol. The van der Waals surface area contributed by atoms with Crippen LogP contribution in [0, 0.1) is 16.0 Å². The third-order valence-corrected chi connectivity index (χ3v) is 8.12. The molecule has 12 heteroatoms. The fourth-order valence-electron chi connectivity index (χ4n) is 4.46. The smallest absolute Gasteiger partial charge is 0.349 e. The minimum atomic E-state index is -3.65. The molecule has 0 aliphatic carbocycles. The first-order valence-electron chi connectivity index (χ1n) is 13.0. The van der Waals surface area contributed by atoms with Gasteiger partial charge in [-0.1, -0.05) is 50.2 Å². The lowest BCUT2D eigenvalue weighted by Crippen LogP contribution is -2.54. The van der Waals surface area contributed by atoms with E-state index < -0.39 is 30.6 Å². The number of ether oxygens (including phenoxy) is 1. The molecule has 1 heterocycles. The van der Waals surface area contributed by atoms with E-state index in [2.05, 4.69) is 0 Å². The molecular weight excluding hydrogens is 525 g/mol. The van der Waals surface area contributed by atoms with E-state index in [9.17, 15) is 24.3 Å². The summed E-state index contributed by atoms with van der Waals surface area (Å²) in [4.78, 5) is 41.0. The zero-order chi connectivity index (χ0) is 28.6. The van der Waals surface area contributed by atoms with Crippen LogP contribution in [0.15, 0.2) is 48.5 Å². The summed E-state index contributed by atoms with van der Waals surface area (Å²) in [6.45, 7) is 7.68. The Labute approximate surface area is 228 Å². The Morgan fingerprint density at radius 2 is 1.77 bits per heavy atom. The minimum Gasteiger partial charge on any atom is -0.459 e. The summed E-state index contributed by atoms with van der Waals surface area (Å²) < 4.78 is 29.8. The standard InChI is InChI=1S/C27H36N3O8P/c1-5-37-39(35,38-6-2)19-28(16-20(3)4)27(32)29-17-23-14-24(30(33)34)13-12-22(23)15-25(29)26(31)36-18-21-10-8-7-9-11-21/h7-14,20,25H,5-6,15-19H2,1-4H3. The Morgan fingerprint density at radius 1 is 1.10 bits per heavy atom. The maximum atomic E-state index is 14.0. The first kappa shape index (κ1) is 30.3. The van der Waals surface area contributed by atoms with Crippen LogP contribution < -0.4 is 0 Å². The van der Waals surface area contributed by atoms with Gasteiger partial charge in [0.05, 0.1) is 18.1 Å². The van der Waals surface area contributed by atoms with E-state index in [4.69, 9.17) is 13.8 Å². The number of carbonyl (C=O) groups is 2. The topological polar surface area (TPSA) is 129 Å². The molecule has 2 aromatic rings. The molecule has 0 fully saturated rings. The number of nitro benzene ring substituents is 1. The summed E-state index contributed by atoms with van der Waals surface area (Å²) in [5.74, 6) is -0.592. The summed E-state index contributed by atoms with van der Waals surface area (Å²) >= 11 is 0. The molecule has 0 spiro atoms. The molecule has 212 valence electrons. The second-order valence-corrected chi connectivity index (χ2v) is 11.7. The maximum Gasteiger partial charge on any atom is 0.349 e. The first-order valence-corrected chi connectivity index (χ1v) is 14.7. The second-order valence-electron chi connectivity index (χ2n) is 9.64. The predicted octanol–water partition coefficient (Wildman–Crippen LogP) is 5.37. The Bertz CT molecular complexity index is 1200. The van der Waals surface area contributed by atoms with Gasteiger partial charge in [-0.25, -0.2) is 9.59 Å². The number of hydrogen-bond donors (Lipinski definition) is 0. The van der Waals surface area contributed by atoms with E-state index in [1.807, 2.05) is 44.2 Å². The number of fused-ring (bicyclic) bond motifs is 1. The Kier molecular flexibility index (Phi) is 10.6. The SMILES string of the molecule is CCOP(=O)(CN(CC(C)C)C(=O)N1Cc2cc([N+](=O)[O-])ccc2CC1C(=O)OCc1ccccc1)OCC. The van der Waals surface area contributed by atoms with Crippen molar-refractivity contribution in [3.63, 3.8) is 0 Å². The molecule has 0 saturated heterocycles. The lowest BCUT2D eigenvalue weighted by Gasteiger charge is -2.39. The van der Waals surface area contributed by atoms with Crippen molar-refractivity contribution in [3.8, 4) is 0 Å². The lowest BCUT2D eigenvalue weighted by atomic mass is 9.93. The van der Waals surface area contributed by atoms with Gasteiger partial charge >= 0.3 is 19.6 Å². The van der Waals surface area contributed by atoms with Crippen LogP contribution in [0.5, 0.6) is 0 Å². The number of urea groups is 1. The molecule has 1 aliphatic heterocycles. The number of hydrogen-bond acceptors (Lipinski definition) is 8. The fourth-order valence-corrected chi connectivity index (χ4v) is 6.14. The Hall–Kier alpha value is -3.27. The van der Waals surface area contributed by atoms with Gasteiger partial charge in [0.15, 0.2) is 0 Å². The quantitative estimate of drug-likeness (QED) is 0.146. The van der Waals surface area contributed by atoms with E-state index in [0.717, 1.165) is 11.1 Å². The molecule has 11 nitrogen and oxygen atoms in total. The highest BCUT2D eigenvalue weighted by atomic mass is 31.2. The van der Waals surface area contributed by atoms with E-state index in [-0.39, 0.29) is 57.2 Å². The van der Waals surface area contributed by atoms with Crippen LogP contribution in [0.4, 0.5) is 10.5 Å². The van der Waals surface area contributed by atoms with Gasteiger partial charge in [0.1, 0.15) is 18.9 Å². The van der Waals surface area contributed by atoms with Crippen LogP contribution in [-0.2, 0) is 42.7 Å². The van der Waals surface area contributed by atoms with Crippen molar-refractivity contribution in [1.82, 2.24) is 9.80 Å². The third-order valence-electron chi connectivity index (χ3n) is 6.12. The molecule has 2 aromatic carbocycles. The van der Waals surface area contributed by atoms with Crippen molar-refractivity contribution in [2.75, 3.05) is 26.0 Å². The normalized spacial score (nSPS) is 15.1. The van der Waals surface area contributed by atoms with Gasteiger partial charge in [-0.3, -0.25) is 14.7 Å². The molecule has 0 aromatic heterocycles. The zero-order valence-corrected chi connectivity index (χ0v) is 23.7. The van der Waals surface area contributed by atoms with Gasteiger partial charge < -0.3 is 23.6 Å². The van der Waals surface area contributed by atoms with E-state index >= 15 is 0 Å². The number of nitro groups is 1. The van der Waals surface area contributed by atoms with Crippen molar-refractivity contribution in [3.05, 3.63) is 75.3 Å². The highest BCUT2D eigenvalue weighted by Gasteiger charge is 2.40. The summed E-state index contributed by atoms with van der Waals surface area (Å²) in [5, 5.41) is 11.4. The molecule has 0 bridgehead atoms. The molecule has 0 saturated carbocycles. The number of carbonyl (C=O) groups excluding carboxylic acids is 2. The summed E-state index contributed by atoms with van der Waals surface area (Å²) in [6, 6.07) is 12.1. The highest BCUT2D eigenvalue weighted by Crippen LogP contribution is 2.49. The molecule has 0 N–H and O–H groups in total. The Morgan fingerprint density at radius 3 is 2.36 bits per heavy atom. The van der Waals surface area contributed by atoms with Crippen molar-refractivity contribution < 1.29 is 32.9 Å². The van der Waals surface area contributed by atoms with Crippen LogP contribution in [0.2, 0.25) is 0 Å². The molecule has 1 unspecified atom stereocenters. The van der Waals surface area contributed by atoms with Crippen LogP contribution in [-0.4, -0.2) is 58.8 Å². The monoisotopic (exact) mass is 561 g/mol. The molecular formula is C27H36N3O8P. The van der Waals surface area contributed by atoms with E-state index in [1.54, 1.807) is 19.9 Å². The molecule has 2 amide bonds. The molecule has 39 heavy (non-hydrogen) atoms. The van der Waals surface area contributed by atoms with Gasteiger partial charge in [0.25, 0.3) is 5.69 Å². The number of benzene rings is 2. The number of rotatable bonds is 12. The van der Waals surface area contributed by atoms with Crippen LogP contribution in [0.1, 0.15) is 44.4 Å². The number of amides is 2. The molecule has 3 rings (SSSR count). The van der Waals surface area contributed by atoms with Crippen LogP contribution >= 0.6 is 7.60 Å². The first-order chi connectivity index (χ1) is 18.6. The van der Waals surface area contributed by atoms with Crippen LogP contribution in [0.25, 0.3) is 0 Å². The van der Waals surface area contributed by atoms with Gasteiger partial charge in [0, 0.05) is 31.6 Å². The Balaban J connectivity index is 1.95. The average Bonchev–Trinajstić information content (AvgIpc) is 2.90. The van der Waals surface area contributed by atoms with Crippen LogP contribution in [0.3, 0.4) is 0 Å². The number of esters is 1. The number of nitrogens with zero attached hydrogens (tertiary/aromatic N) is 3. The minimum absolute atomic E-state index is 0.00676. The van der Waals surface area contributed by atoms with Crippen molar-refractivity contribution in [2.24, 2.45) is 5.92 Å². The maximum absolute atomic E-state index is 14.0. The zero-order valence-electron chi connectivity index (χ0n) is 22.8. The summed E-state index contributed by atoms with van der Waals surface area (Å²) in [6.07, 6.45) is -0.174. The third kappa shape index (κ3) is 8.11. The molecule has 0 radical (unpaired) electrons. The fraction of sp³-hybridized carbons (Fsp3) is 0.481. The summed E-state index contributed by atoms with van der Waals surface area (Å²) in [5.41, 5.74) is 1.97. The second kappa shape index (κ2) is 13.7. The lowest BCUT2D eigenvalue weighted by molar-refractivity contribution is -0.385. The van der Waals surface area contributed by atoms with E-state index in [1.165, 1.54) is 21.9 Å².